The Morgan fingerprint density at radius 2 is 2.08 bits per heavy atom. The number of benzene rings is 1. The largest absolute Gasteiger partial charge is 0.354 e. The van der Waals surface area contributed by atoms with Gasteiger partial charge in [-0.2, -0.15) is 11.8 Å². The average Bonchev–Trinajstić information content (AvgIpc) is 2.99. The number of para-hydroxylation sites is 1. The summed E-state index contributed by atoms with van der Waals surface area (Å²) < 4.78 is 25.5. The monoisotopic (exact) mass is 370 g/mol. The second-order valence-corrected chi connectivity index (χ2v) is 8.86. The van der Waals surface area contributed by atoms with E-state index in [0.717, 1.165) is 35.9 Å². The number of guanidine groups is 1. The molecule has 2 rings (SSSR count). The van der Waals surface area contributed by atoms with Gasteiger partial charge in [0.05, 0.1) is 11.9 Å². The average molecular weight is 371 g/mol. The van der Waals surface area contributed by atoms with Crippen molar-refractivity contribution in [3.05, 3.63) is 29.8 Å². The highest BCUT2D eigenvalue weighted by Crippen LogP contribution is 2.28. The maximum absolute atomic E-state index is 11.5. The molecule has 0 aliphatic heterocycles. The standard InChI is InChI=1S/C16H26N4O2S2/c1-17-16(19-13-8-9-14(10-13)23-2)18-11-12-6-4-5-7-15(12)20-24(3,21)22/h4-7,13-14,20H,8-11H2,1-3H3,(H2,17,18,19). The molecule has 1 aliphatic carbocycles. The Kier molecular flexibility index (Phi) is 6.79. The van der Waals surface area contributed by atoms with Crippen molar-refractivity contribution in [1.29, 1.82) is 0 Å². The van der Waals surface area contributed by atoms with Crippen molar-refractivity contribution < 1.29 is 8.42 Å². The summed E-state index contributed by atoms with van der Waals surface area (Å²) in [5.41, 5.74) is 1.46. The summed E-state index contributed by atoms with van der Waals surface area (Å²) in [6.45, 7) is 0.497. The summed E-state index contributed by atoms with van der Waals surface area (Å²) in [6, 6.07) is 7.80. The van der Waals surface area contributed by atoms with E-state index in [9.17, 15) is 8.42 Å². The van der Waals surface area contributed by atoms with E-state index < -0.39 is 10.0 Å². The van der Waals surface area contributed by atoms with Crippen LogP contribution < -0.4 is 15.4 Å². The van der Waals surface area contributed by atoms with E-state index in [1.807, 2.05) is 30.0 Å². The Morgan fingerprint density at radius 1 is 1.33 bits per heavy atom. The van der Waals surface area contributed by atoms with E-state index in [4.69, 9.17) is 0 Å². The molecule has 3 N–H and O–H groups in total. The van der Waals surface area contributed by atoms with Crippen molar-refractivity contribution in [3.63, 3.8) is 0 Å². The first-order chi connectivity index (χ1) is 11.4. The van der Waals surface area contributed by atoms with Crippen molar-refractivity contribution in [2.75, 3.05) is 24.3 Å². The predicted octanol–water partition coefficient (Wildman–Crippen LogP) is 2.01. The van der Waals surface area contributed by atoms with Crippen LogP contribution >= 0.6 is 11.8 Å². The van der Waals surface area contributed by atoms with Gasteiger partial charge in [0.2, 0.25) is 10.0 Å². The number of thioether (sulfide) groups is 1. The van der Waals surface area contributed by atoms with E-state index >= 15 is 0 Å². The summed E-state index contributed by atoms with van der Waals surface area (Å²) in [5, 5.41) is 7.45. The number of hydrogen-bond acceptors (Lipinski definition) is 4. The van der Waals surface area contributed by atoms with Gasteiger partial charge in [0, 0.05) is 24.9 Å². The highest BCUT2D eigenvalue weighted by molar-refractivity contribution is 7.99. The molecule has 1 fully saturated rings. The van der Waals surface area contributed by atoms with Crippen molar-refractivity contribution in [2.24, 2.45) is 4.99 Å². The van der Waals surface area contributed by atoms with Crippen LogP contribution in [0.15, 0.2) is 29.3 Å². The predicted molar refractivity (Wildman–Crippen MR) is 103 cm³/mol. The molecule has 24 heavy (non-hydrogen) atoms. The summed E-state index contributed by atoms with van der Waals surface area (Å²) >= 11 is 1.92. The lowest BCUT2D eigenvalue weighted by Gasteiger charge is -2.18. The Morgan fingerprint density at radius 3 is 2.71 bits per heavy atom. The molecular weight excluding hydrogens is 344 g/mol. The third kappa shape index (κ3) is 5.90. The van der Waals surface area contributed by atoms with Crippen LogP contribution in [-0.2, 0) is 16.6 Å². The van der Waals surface area contributed by atoms with Crippen LogP contribution in [-0.4, -0.2) is 45.2 Å². The molecule has 1 saturated carbocycles. The number of aliphatic imine (C=N–C) groups is 1. The Balaban J connectivity index is 1.94. The Bertz CT molecular complexity index is 676. The van der Waals surface area contributed by atoms with Gasteiger partial charge in [-0.3, -0.25) is 9.71 Å². The number of nitrogens with one attached hydrogen (secondary N) is 3. The van der Waals surface area contributed by atoms with Crippen molar-refractivity contribution in [3.8, 4) is 0 Å². The maximum atomic E-state index is 11.5. The molecule has 0 amide bonds. The minimum absolute atomic E-state index is 0.443. The van der Waals surface area contributed by atoms with Crippen molar-refractivity contribution >= 4 is 33.4 Å². The second-order valence-electron chi connectivity index (χ2n) is 5.97. The molecule has 0 radical (unpaired) electrons. The highest BCUT2D eigenvalue weighted by atomic mass is 32.2. The summed E-state index contributed by atoms with van der Waals surface area (Å²) in [6.07, 6.45) is 6.84. The number of anilines is 1. The van der Waals surface area contributed by atoms with E-state index in [1.165, 1.54) is 6.42 Å². The van der Waals surface area contributed by atoms with Crippen molar-refractivity contribution in [1.82, 2.24) is 10.6 Å². The van der Waals surface area contributed by atoms with Gasteiger partial charge in [-0.05, 0) is 37.1 Å². The highest BCUT2D eigenvalue weighted by Gasteiger charge is 2.24. The topological polar surface area (TPSA) is 82.6 Å². The lowest BCUT2D eigenvalue weighted by atomic mass is 10.2. The maximum Gasteiger partial charge on any atom is 0.229 e. The molecule has 134 valence electrons. The second kappa shape index (κ2) is 8.62. The summed E-state index contributed by atoms with van der Waals surface area (Å²) in [7, 11) is -1.55. The fourth-order valence-electron chi connectivity index (χ4n) is 2.83. The molecule has 8 heteroatoms. The normalized spacial score (nSPS) is 21.5. The molecule has 1 aromatic rings. The lowest BCUT2D eigenvalue weighted by Crippen LogP contribution is -2.42. The molecule has 0 bridgehead atoms. The minimum atomic E-state index is -3.30. The molecule has 0 spiro atoms. The van der Waals surface area contributed by atoms with Gasteiger partial charge in [0.1, 0.15) is 0 Å². The molecule has 0 aromatic heterocycles. The number of nitrogens with zero attached hydrogens (tertiary/aromatic N) is 1. The molecule has 1 aromatic carbocycles. The van der Waals surface area contributed by atoms with Gasteiger partial charge >= 0.3 is 0 Å². The lowest BCUT2D eigenvalue weighted by molar-refractivity contribution is 0.606. The smallest absolute Gasteiger partial charge is 0.229 e. The first kappa shape index (κ1) is 18.9. The van der Waals surface area contributed by atoms with Crippen LogP contribution in [0.25, 0.3) is 0 Å². The first-order valence-corrected chi connectivity index (χ1v) is 11.1. The van der Waals surface area contributed by atoms with E-state index in [1.54, 1.807) is 13.1 Å². The van der Waals surface area contributed by atoms with Crippen LogP contribution in [0, 0.1) is 0 Å². The van der Waals surface area contributed by atoms with Crippen LogP contribution in [0.4, 0.5) is 5.69 Å². The molecular formula is C16H26N4O2S2. The molecule has 6 nitrogen and oxygen atoms in total. The van der Waals surface area contributed by atoms with Crippen LogP contribution in [0.5, 0.6) is 0 Å². The first-order valence-electron chi connectivity index (χ1n) is 7.97. The van der Waals surface area contributed by atoms with Gasteiger partial charge in [0.25, 0.3) is 0 Å². The van der Waals surface area contributed by atoms with Gasteiger partial charge in [-0.15, -0.1) is 0 Å². The Labute approximate surface area is 149 Å². The quantitative estimate of drug-likeness (QED) is 0.527. The van der Waals surface area contributed by atoms with Crippen LogP contribution in [0.3, 0.4) is 0 Å². The molecule has 2 atom stereocenters. The van der Waals surface area contributed by atoms with E-state index in [-0.39, 0.29) is 0 Å². The van der Waals surface area contributed by atoms with Crippen LogP contribution in [0.1, 0.15) is 24.8 Å². The summed E-state index contributed by atoms with van der Waals surface area (Å²) in [4.78, 5) is 4.27. The van der Waals surface area contributed by atoms with Gasteiger partial charge in [-0.1, -0.05) is 18.2 Å². The fourth-order valence-corrected chi connectivity index (χ4v) is 4.22. The van der Waals surface area contributed by atoms with E-state index in [2.05, 4.69) is 26.6 Å². The zero-order valence-corrected chi connectivity index (χ0v) is 16.0. The summed E-state index contributed by atoms with van der Waals surface area (Å²) in [5.74, 6) is 0.746. The van der Waals surface area contributed by atoms with Gasteiger partial charge < -0.3 is 10.6 Å². The van der Waals surface area contributed by atoms with Gasteiger partial charge in [-0.25, -0.2) is 8.42 Å². The minimum Gasteiger partial charge on any atom is -0.354 e. The number of hydrogen-bond donors (Lipinski definition) is 3. The Hall–Kier alpha value is -1.41. The third-order valence-corrected chi connectivity index (χ3v) is 5.73. The molecule has 0 saturated heterocycles. The van der Waals surface area contributed by atoms with E-state index in [0.29, 0.717) is 18.3 Å². The third-order valence-electron chi connectivity index (χ3n) is 4.04. The zero-order valence-electron chi connectivity index (χ0n) is 14.4. The SMILES string of the molecule is CN=C(NCc1ccccc1NS(C)(=O)=O)NC1CCC(SC)C1. The molecule has 0 heterocycles. The molecule has 2 unspecified atom stereocenters. The molecule has 1 aliphatic rings. The fraction of sp³-hybridized carbons (Fsp3) is 0.562. The van der Waals surface area contributed by atoms with Gasteiger partial charge in [0.15, 0.2) is 5.96 Å². The zero-order chi connectivity index (χ0) is 17.6. The number of rotatable bonds is 6. The number of sulfonamides is 1. The van der Waals surface area contributed by atoms with Crippen LogP contribution in [0.2, 0.25) is 0 Å². The van der Waals surface area contributed by atoms with Crippen molar-refractivity contribution in [2.45, 2.75) is 37.1 Å².